The van der Waals surface area contributed by atoms with Gasteiger partial charge in [0.05, 0.1) is 4.92 Å². The average molecular weight is 287 g/mol. The molecule has 1 aromatic heterocycles. The molecule has 8 nitrogen and oxygen atoms in total. The van der Waals surface area contributed by atoms with Crippen LogP contribution in [0.5, 0.6) is 0 Å². The van der Waals surface area contributed by atoms with Crippen LogP contribution in [0.3, 0.4) is 0 Å². The van der Waals surface area contributed by atoms with Crippen molar-refractivity contribution >= 4 is 23.1 Å². The summed E-state index contributed by atoms with van der Waals surface area (Å²) in [5.41, 5.74) is 2.72. The van der Waals surface area contributed by atoms with Crippen LogP contribution in [0.4, 0.5) is 17.2 Å². The van der Waals surface area contributed by atoms with Gasteiger partial charge in [-0.15, -0.1) is 0 Å². The van der Waals surface area contributed by atoms with E-state index >= 15 is 0 Å². The van der Waals surface area contributed by atoms with Gasteiger partial charge in [-0.2, -0.15) is 0 Å². The van der Waals surface area contributed by atoms with Crippen LogP contribution in [0.1, 0.15) is 15.9 Å². The molecule has 1 aromatic carbocycles. The molecular formula is C13H13N5O3. The molecule has 0 aliphatic heterocycles. The van der Waals surface area contributed by atoms with Crippen LogP contribution in [-0.4, -0.2) is 15.8 Å². The summed E-state index contributed by atoms with van der Waals surface area (Å²) < 4.78 is 0. The number of nitro benzene ring substituents is 1. The van der Waals surface area contributed by atoms with E-state index in [2.05, 4.69) is 15.7 Å². The van der Waals surface area contributed by atoms with E-state index < -0.39 is 10.8 Å². The third-order valence-electron chi connectivity index (χ3n) is 2.77. The predicted molar refractivity (Wildman–Crippen MR) is 77.8 cm³/mol. The Morgan fingerprint density at radius 1 is 1.33 bits per heavy atom. The Bertz CT molecular complexity index is 685. The Morgan fingerprint density at radius 2 is 2.10 bits per heavy atom. The number of rotatable bonds is 4. The highest BCUT2D eigenvalue weighted by molar-refractivity contribution is 6.08. The minimum atomic E-state index is -0.660. The van der Waals surface area contributed by atoms with Crippen molar-refractivity contribution < 1.29 is 9.72 Å². The van der Waals surface area contributed by atoms with Gasteiger partial charge in [0, 0.05) is 6.20 Å². The maximum atomic E-state index is 12.2. The van der Waals surface area contributed by atoms with Crippen molar-refractivity contribution in [2.45, 2.75) is 6.92 Å². The first-order chi connectivity index (χ1) is 10.0. The number of hydrogen-bond acceptors (Lipinski definition) is 6. The van der Waals surface area contributed by atoms with Crippen molar-refractivity contribution in [2.24, 2.45) is 5.84 Å². The van der Waals surface area contributed by atoms with Crippen molar-refractivity contribution in [3.05, 3.63) is 57.8 Å². The van der Waals surface area contributed by atoms with Crippen LogP contribution in [0.15, 0.2) is 36.5 Å². The average Bonchev–Trinajstić information content (AvgIpc) is 2.48. The number of nitrogens with two attached hydrogens (primary N) is 1. The van der Waals surface area contributed by atoms with Crippen LogP contribution >= 0.6 is 0 Å². The van der Waals surface area contributed by atoms with Gasteiger partial charge < -0.3 is 10.7 Å². The Balaban J connectivity index is 2.35. The summed E-state index contributed by atoms with van der Waals surface area (Å²) in [5, 5.41) is 13.6. The van der Waals surface area contributed by atoms with Crippen LogP contribution in [0, 0.1) is 17.0 Å². The third-order valence-corrected chi connectivity index (χ3v) is 2.77. The zero-order valence-corrected chi connectivity index (χ0v) is 11.2. The first-order valence-electron chi connectivity index (χ1n) is 6.01. The monoisotopic (exact) mass is 287 g/mol. The van der Waals surface area contributed by atoms with E-state index in [9.17, 15) is 14.9 Å². The fourth-order valence-electron chi connectivity index (χ4n) is 1.77. The number of nitro groups is 1. The maximum absolute atomic E-state index is 12.2. The number of hydrogen-bond donors (Lipinski definition) is 3. The molecule has 0 spiro atoms. The molecule has 0 aliphatic carbocycles. The van der Waals surface area contributed by atoms with Gasteiger partial charge in [0.15, 0.2) is 0 Å². The SMILES string of the molecule is Cc1ccc(NC(=O)c2cccc(NN)c2[N+](=O)[O-])nc1. The molecule has 0 saturated carbocycles. The molecule has 108 valence electrons. The van der Waals surface area contributed by atoms with Gasteiger partial charge in [-0.25, -0.2) is 4.98 Å². The zero-order chi connectivity index (χ0) is 15.4. The molecule has 0 bridgehead atoms. The number of carbonyl (C=O) groups excluding carboxylic acids is 1. The molecule has 0 aliphatic rings. The number of nitrogens with one attached hydrogen (secondary N) is 2. The molecule has 21 heavy (non-hydrogen) atoms. The number of nitrogens with zero attached hydrogens (tertiary/aromatic N) is 2. The van der Waals surface area contributed by atoms with Gasteiger partial charge in [-0.1, -0.05) is 12.1 Å². The highest BCUT2D eigenvalue weighted by Gasteiger charge is 2.24. The second-order valence-corrected chi connectivity index (χ2v) is 4.28. The van der Waals surface area contributed by atoms with E-state index in [0.29, 0.717) is 5.82 Å². The molecule has 0 radical (unpaired) electrons. The number of nitrogen functional groups attached to an aromatic ring is 1. The predicted octanol–water partition coefficient (Wildman–Crippen LogP) is 1.84. The van der Waals surface area contributed by atoms with Gasteiger partial charge in [0.2, 0.25) is 0 Å². The van der Waals surface area contributed by atoms with Gasteiger partial charge in [0.1, 0.15) is 17.1 Å². The molecule has 0 saturated heterocycles. The van der Waals surface area contributed by atoms with E-state index in [-0.39, 0.29) is 16.9 Å². The fraction of sp³-hybridized carbons (Fsp3) is 0.0769. The lowest BCUT2D eigenvalue weighted by molar-refractivity contribution is -0.384. The first kappa shape index (κ1) is 14.4. The highest BCUT2D eigenvalue weighted by atomic mass is 16.6. The molecule has 2 rings (SSSR count). The van der Waals surface area contributed by atoms with Crippen LogP contribution in [-0.2, 0) is 0 Å². The normalized spacial score (nSPS) is 10.0. The molecule has 8 heteroatoms. The Morgan fingerprint density at radius 3 is 2.67 bits per heavy atom. The second kappa shape index (κ2) is 5.97. The van der Waals surface area contributed by atoms with Gasteiger partial charge in [-0.05, 0) is 30.7 Å². The largest absolute Gasteiger partial charge is 0.318 e. The lowest BCUT2D eigenvalue weighted by Crippen LogP contribution is -2.17. The number of hydrazine groups is 1. The molecule has 4 N–H and O–H groups in total. The number of pyridine rings is 1. The fourth-order valence-corrected chi connectivity index (χ4v) is 1.77. The van der Waals surface area contributed by atoms with Gasteiger partial charge in [0.25, 0.3) is 5.91 Å². The lowest BCUT2D eigenvalue weighted by Gasteiger charge is -2.08. The topological polar surface area (TPSA) is 123 Å². The molecule has 0 unspecified atom stereocenters. The molecule has 1 amide bonds. The quantitative estimate of drug-likeness (QED) is 0.448. The van der Waals surface area contributed by atoms with Crippen molar-refractivity contribution in [3.8, 4) is 0 Å². The van der Waals surface area contributed by atoms with Crippen LogP contribution < -0.4 is 16.6 Å². The van der Waals surface area contributed by atoms with Crippen molar-refractivity contribution in [1.82, 2.24) is 4.98 Å². The van der Waals surface area contributed by atoms with Crippen LogP contribution in [0.2, 0.25) is 0 Å². The van der Waals surface area contributed by atoms with Crippen molar-refractivity contribution in [3.63, 3.8) is 0 Å². The molecule has 1 heterocycles. The lowest BCUT2D eigenvalue weighted by atomic mass is 10.1. The summed E-state index contributed by atoms with van der Waals surface area (Å²) >= 11 is 0. The van der Waals surface area contributed by atoms with Crippen LogP contribution in [0.25, 0.3) is 0 Å². The minimum absolute atomic E-state index is 0.0597. The summed E-state index contributed by atoms with van der Waals surface area (Å²) in [5.74, 6) is 4.91. The smallest absolute Gasteiger partial charge is 0.306 e. The summed E-state index contributed by atoms with van der Waals surface area (Å²) in [6, 6.07) is 7.65. The minimum Gasteiger partial charge on any atom is -0.318 e. The van der Waals surface area contributed by atoms with E-state index in [1.807, 2.05) is 6.92 Å². The number of carbonyl (C=O) groups is 1. The molecule has 2 aromatic rings. The number of benzene rings is 1. The summed E-state index contributed by atoms with van der Waals surface area (Å²) in [7, 11) is 0. The Labute approximate surface area is 120 Å². The van der Waals surface area contributed by atoms with Crippen molar-refractivity contribution in [1.29, 1.82) is 0 Å². The van der Waals surface area contributed by atoms with E-state index in [1.165, 1.54) is 18.2 Å². The van der Waals surface area contributed by atoms with Gasteiger partial charge in [-0.3, -0.25) is 20.8 Å². The molecule has 0 atom stereocenters. The Kier molecular flexibility index (Phi) is 4.10. The summed E-state index contributed by atoms with van der Waals surface area (Å²) in [6.45, 7) is 1.86. The molecule has 0 fully saturated rings. The standard InChI is InChI=1S/C13H13N5O3/c1-8-5-6-11(15-7-8)16-13(19)9-3-2-4-10(17-14)12(9)18(20)21/h2-7,17H,14H2,1H3,(H,15,16,19). The number of aryl methyl sites for hydroxylation is 1. The number of amides is 1. The van der Waals surface area contributed by atoms with Crippen molar-refractivity contribution in [2.75, 3.05) is 10.7 Å². The van der Waals surface area contributed by atoms with Gasteiger partial charge >= 0.3 is 5.69 Å². The van der Waals surface area contributed by atoms with E-state index in [4.69, 9.17) is 5.84 Å². The van der Waals surface area contributed by atoms with E-state index in [1.54, 1.807) is 18.3 Å². The summed E-state index contributed by atoms with van der Waals surface area (Å²) in [4.78, 5) is 26.6. The highest BCUT2D eigenvalue weighted by Crippen LogP contribution is 2.28. The molecular weight excluding hydrogens is 274 g/mol. The number of para-hydroxylation sites is 1. The third kappa shape index (κ3) is 3.12. The zero-order valence-electron chi connectivity index (χ0n) is 11.2. The number of anilines is 2. The Hall–Kier alpha value is -3.00. The first-order valence-corrected chi connectivity index (χ1v) is 6.01. The summed E-state index contributed by atoms with van der Waals surface area (Å²) in [6.07, 6.45) is 1.59. The second-order valence-electron chi connectivity index (χ2n) is 4.28. The maximum Gasteiger partial charge on any atom is 0.306 e. The van der Waals surface area contributed by atoms with E-state index in [0.717, 1.165) is 5.56 Å². The number of aromatic nitrogens is 1.